The Bertz CT molecular complexity index is 396. The standard InChI is InChI=1S/C16H24BrNO/c1-3-9-18-15(16-8-7-12(2)19-16)11-13-5-4-6-14(17)10-13/h4-6,10,12,15-16,18H,3,7-9,11H2,1-2H3. The van der Waals surface area contributed by atoms with Gasteiger partial charge in [-0.15, -0.1) is 0 Å². The average molecular weight is 326 g/mol. The van der Waals surface area contributed by atoms with E-state index in [4.69, 9.17) is 4.74 Å². The molecule has 106 valence electrons. The highest BCUT2D eigenvalue weighted by Gasteiger charge is 2.29. The summed E-state index contributed by atoms with van der Waals surface area (Å²) in [5.41, 5.74) is 1.37. The summed E-state index contributed by atoms with van der Waals surface area (Å²) in [4.78, 5) is 0. The molecular weight excluding hydrogens is 302 g/mol. The van der Waals surface area contributed by atoms with Crippen LogP contribution in [0.5, 0.6) is 0 Å². The third-order valence-electron chi connectivity index (χ3n) is 3.71. The molecule has 3 unspecified atom stereocenters. The van der Waals surface area contributed by atoms with E-state index in [9.17, 15) is 0 Å². The zero-order valence-electron chi connectivity index (χ0n) is 11.9. The molecule has 0 saturated carbocycles. The SMILES string of the molecule is CCCNC(Cc1cccc(Br)c1)C1CCC(C)O1. The molecule has 2 rings (SSSR count). The highest BCUT2D eigenvalue weighted by molar-refractivity contribution is 9.10. The number of hydrogen-bond donors (Lipinski definition) is 1. The van der Waals surface area contributed by atoms with Crippen molar-refractivity contribution in [3.8, 4) is 0 Å². The number of ether oxygens (including phenoxy) is 1. The lowest BCUT2D eigenvalue weighted by molar-refractivity contribution is 0.0321. The monoisotopic (exact) mass is 325 g/mol. The maximum atomic E-state index is 6.05. The Morgan fingerprint density at radius 3 is 2.89 bits per heavy atom. The number of halogens is 1. The van der Waals surface area contributed by atoms with Gasteiger partial charge < -0.3 is 10.1 Å². The van der Waals surface area contributed by atoms with Gasteiger partial charge in [0.15, 0.2) is 0 Å². The van der Waals surface area contributed by atoms with E-state index in [1.165, 1.54) is 18.4 Å². The molecule has 0 amide bonds. The van der Waals surface area contributed by atoms with Gasteiger partial charge in [0.25, 0.3) is 0 Å². The zero-order valence-corrected chi connectivity index (χ0v) is 13.4. The Hall–Kier alpha value is -0.380. The molecule has 0 bridgehead atoms. The molecule has 3 heteroatoms. The molecule has 19 heavy (non-hydrogen) atoms. The van der Waals surface area contributed by atoms with Crippen LogP contribution in [0.2, 0.25) is 0 Å². The molecule has 1 heterocycles. The summed E-state index contributed by atoms with van der Waals surface area (Å²) in [6.45, 7) is 5.45. The molecule has 1 aliphatic heterocycles. The van der Waals surface area contributed by atoms with Crippen LogP contribution >= 0.6 is 15.9 Å². The molecule has 1 fully saturated rings. The molecule has 1 aliphatic rings. The first-order valence-electron chi connectivity index (χ1n) is 7.32. The minimum Gasteiger partial charge on any atom is -0.374 e. The molecule has 1 N–H and O–H groups in total. The highest BCUT2D eigenvalue weighted by atomic mass is 79.9. The summed E-state index contributed by atoms with van der Waals surface area (Å²) in [5, 5.41) is 3.66. The predicted molar refractivity (Wildman–Crippen MR) is 83.5 cm³/mol. The minimum absolute atomic E-state index is 0.362. The summed E-state index contributed by atoms with van der Waals surface area (Å²) in [7, 11) is 0. The van der Waals surface area contributed by atoms with E-state index in [1.807, 2.05) is 0 Å². The fourth-order valence-electron chi connectivity index (χ4n) is 2.71. The van der Waals surface area contributed by atoms with Crippen molar-refractivity contribution < 1.29 is 4.74 Å². The summed E-state index contributed by atoms with van der Waals surface area (Å²) in [5.74, 6) is 0. The molecule has 3 atom stereocenters. The number of rotatable bonds is 6. The van der Waals surface area contributed by atoms with E-state index in [-0.39, 0.29) is 0 Å². The van der Waals surface area contributed by atoms with E-state index < -0.39 is 0 Å². The summed E-state index contributed by atoms with van der Waals surface area (Å²) >= 11 is 3.55. The maximum Gasteiger partial charge on any atom is 0.0735 e. The topological polar surface area (TPSA) is 21.3 Å². The smallest absolute Gasteiger partial charge is 0.0735 e. The second-order valence-corrected chi connectivity index (χ2v) is 6.37. The lowest BCUT2D eigenvalue weighted by Gasteiger charge is -2.25. The van der Waals surface area contributed by atoms with Crippen LogP contribution in [0.4, 0.5) is 0 Å². The third-order valence-corrected chi connectivity index (χ3v) is 4.21. The first-order chi connectivity index (χ1) is 9.19. The largest absolute Gasteiger partial charge is 0.374 e. The van der Waals surface area contributed by atoms with Crippen LogP contribution in [0.15, 0.2) is 28.7 Å². The number of nitrogens with one attached hydrogen (secondary N) is 1. The van der Waals surface area contributed by atoms with E-state index in [0.29, 0.717) is 18.2 Å². The molecule has 0 aromatic heterocycles. The van der Waals surface area contributed by atoms with Crippen LogP contribution in [0.1, 0.15) is 38.7 Å². The van der Waals surface area contributed by atoms with Gasteiger partial charge in [-0.25, -0.2) is 0 Å². The molecule has 0 aliphatic carbocycles. The second-order valence-electron chi connectivity index (χ2n) is 5.46. The van der Waals surface area contributed by atoms with Crippen LogP contribution in [-0.2, 0) is 11.2 Å². The molecule has 1 aromatic carbocycles. The lowest BCUT2D eigenvalue weighted by Crippen LogP contribution is -2.42. The van der Waals surface area contributed by atoms with Crippen molar-refractivity contribution in [2.75, 3.05) is 6.54 Å². The number of hydrogen-bond acceptors (Lipinski definition) is 2. The molecule has 1 saturated heterocycles. The Morgan fingerprint density at radius 1 is 1.42 bits per heavy atom. The van der Waals surface area contributed by atoms with Gasteiger partial charge in [0, 0.05) is 10.5 Å². The van der Waals surface area contributed by atoms with Gasteiger partial charge in [-0.05, 0) is 56.8 Å². The fourth-order valence-corrected chi connectivity index (χ4v) is 3.16. The predicted octanol–water partition coefficient (Wildman–Crippen LogP) is 3.93. The van der Waals surface area contributed by atoms with E-state index in [0.717, 1.165) is 23.9 Å². The normalized spacial score (nSPS) is 24.6. The number of benzene rings is 1. The van der Waals surface area contributed by atoms with Crippen LogP contribution in [0.3, 0.4) is 0 Å². The maximum absolute atomic E-state index is 6.05. The van der Waals surface area contributed by atoms with Crippen molar-refractivity contribution in [1.29, 1.82) is 0 Å². The Kier molecular flexibility index (Phi) is 5.86. The first-order valence-corrected chi connectivity index (χ1v) is 8.11. The molecule has 0 radical (unpaired) electrons. The van der Waals surface area contributed by atoms with Crippen molar-refractivity contribution in [3.63, 3.8) is 0 Å². The van der Waals surface area contributed by atoms with Crippen LogP contribution in [0.25, 0.3) is 0 Å². The van der Waals surface area contributed by atoms with Crippen LogP contribution in [-0.4, -0.2) is 24.8 Å². The Morgan fingerprint density at radius 2 is 2.26 bits per heavy atom. The quantitative estimate of drug-likeness (QED) is 0.855. The molecule has 0 spiro atoms. The van der Waals surface area contributed by atoms with Crippen molar-refractivity contribution >= 4 is 15.9 Å². The first kappa shape index (κ1) is 15.0. The van der Waals surface area contributed by atoms with Crippen molar-refractivity contribution in [2.24, 2.45) is 0 Å². The second kappa shape index (κ2) is 7.41. The van der Waals surface area contributed by atoms with Gasteiger partial charge in [-0.2, -0.15) is 0 Å². The summed E-state index contributed by atoms with van der Waals surface area (Å²) in [6.07, 6.45) is 5.34. The Labute approximate surface area is 125 Å². The van der Waals surface area contributed by atoms with Gasteiger partial charge in [0.1, 0.15) is 0 Å². The average Bonchev–Trinajstić information content (AvgIpc) is 2.81. The van der Waals surface area contributed by atoms with Crippen molar-refractivity contribution in [2.45, 2.75) is 57.8 Å². The van der Waals surface area contributed by atoms with Gasteiger partial charge in [-0.3, -0.25) is 0 Å². The van der Waals surface area contributed by atoms with E-state index in [2.05, 4.69) is 59.4 Å². The highest BCUT2D eigenvalue weighted by Crippen LogP contribution is 2.24. The van der Waals surface area contributed by atoms with Crippen molar-refractivity contribution in [3.05, 3.63) is 34.3 Å². The molecule has 1 aromatic rings. The third kappa shape index (κ3) is 4.59. The molecule has 2 nitrogen and oxygen atoms in total. The zero-order chi connectivity index (χ0) is 13.7. The Balaban J connectivity index is 2.00. The van der Waals surface area contributed by atoms with Gasteiger partial charge in [-0.1, -0.05) is 35.0 Å². The van der Waals surface area contributed by atoms with Gasteiger partial charge in [0.2, 0.25) is 0 Å². The van der Waals surface area contributed by atoms with Gasteiger partial charge >= 0.3 is 0 Å². The van der Waals surface area contributed by atoms with Gasteiger partial charge in [0.05, 0.1) is 12.2 Å². The van der Waals surface area contributed by atoms with E-state index in [1.54, 1.807) is 0 Å². The summed E-state index contributed by atoms with van der Waals surface area (Å²) in [6, 6.07) is 9.02. The lowest BCUT2D eigenvalue weighted by atomic mass is 9.99. The molecular formula is C16H24BrNO. The fraction of sp³-hybridized carbons (Fsp3) is 0.625. The van der Waals surface area contributed by atoms with Crippen LogP contribution < -0.4 is 5.32 Å². The van der Waals surface area contributed by atoms with E-state index >= 15 is 0 Å². The van der Waals surface area contributed by atoms with Crippen LogP contribution in [0, 0.1) is 0 Å². The van der Waals surface area contributed by atoms with Crippen molar-refractivity contribution in [1.82, 2.24) is 5.32 Å². The summed E-state index contributed by atoms with van der Waals surface area (Å²) < 4.78 is 7.20. The minimum atomic E-state index is 0.362.